The second-order valence-corrected chi connectivity index (χ2v) is 20.5. The number of benzene rings is 3. The number of ether oxygens (including phenoxy) is 1. The highest BCUT2D eigenvalue weighted by Crippen LogP contribution is 2.43. The Kier molecular flexibility index (Phi) is 16.2. The van der Waals surface area contributed by atoms with E-state index < -0.39 is 14.9 Å². The number of nitrogens with one attached hydrogen (secondary N) is 2. The number of nitro benzene ring substituents is 1. The molecule has 64 heavy (non-hydrogen) atoms. The summed E-state index contributed by atoms with van der Waals surface area (Å²) in [5.74, 6) is 1.56. The molecule has 2 fully saturated rings. The molecule has 3 aliphatic rings. The summed E-state index contributed by atoms with van der Waals surface area (Å²) in [4.78, 5) is 27.7. The molecular weight excluding hydrogens is 868 g/mol. The Morgan fingerprint density at radius 3 is 2.52 bits per heavy atom. The number of hydrogen-bond donors (Lipinski definition) is 2. The molecule has 0 unspecified atom stereocenters. The van der Waals surface area contributed by atoms with E-state index in [-0.39, 0.29) is 33.5 Å². The lowest BCUT2D eigenvalue weighted by Gasteiger charge is -2.39. The fourth-order valence-corrected chi connectivity index (χ4v) is 10.7. The van der Waals surface area contributed by atoms with Crippen molar-refractivity contribution in [3.8, 4) is 0 Å². The lowest BCUT2D eigenvalue weighted by Crippen LogP contribution is -2.47. The number of aromatic nitrogens is 2. The molecule has 340 valence electrons. The Morgan fingerprint density at radius 1 is 0.984 bits per heavy atom. The minimum absolute atomic E-state index is 0.0978. The molecule has 2 aliphatic heterocycles. The maximum Gasteiger partial charge on any atom is 0.293 e. The van der Waals surface area contributed by atoms with Gasteiger partial charge in [-0.15, -0.1) is 0 Å². The first-order valence-electron chi connectivity index (χ1n) is 22.0. The molecule has 0 saturated carbocycles. The van der Waals surface area contributed by atoms with Crippen molar-refractivity contribution in [2.75, 3.05) is 92.0 Å². The number of morpholine rings is 1. The third kappa shape index (κ3) is 12.7. The van der Waals surface area contributed by atoms with Gasteiger partial charge < -0.3 is 15.0 Å². The van der Waals surface area contributed by atoms with Crippen molar-refractivity contribution in [3.63, 3.8) is 0 Å². The molecule has 2 saturated heterocycles. The van der Waals surface area contributed by atoms with Crippen LogP contribution in [0.2, 0.25) is 5.02 Å². The number of sulfonamides is 1. The summed E-state index contributed by atoms with van der Waals surface area (Å²) in [5.41, 5.74) is 6.02. The number of piperazine rings is 1. The largest absolute Gasteiger partial charge is 0.379 e. The van der Waals surface area contributed by atoms with E-state index in [1.54, 1.807) is 17.8 Å². The van der Waals surface area contributed by atoms with Crippen LogP contribution < -0.4 is 14.9 Å². The number of allylic oxidation sites excluding steroid dienone is 5. The number of anilines is 3. The van der Waals surface area contributed by atoms with Crippen LogP contribution >= 0.6 is 23.4 Å². The average Bonchev–Trinajstić information content (AvgIpc) is 3.28. The van der Waals surface area contributed by atoms with Crippen molar-refractivity contribution in [2.45, 2.75) is 50.5 Å². The molecule has 16 heteroatoms. The second-order valence-electron chi connectivity index (χ2n) is 17.3. The number of nitrogens with zero attached hydrogens (tertiary/aromatic N) is 6. The zero-order chi connectivity index (χ0) is 45.1. The molecule has 1 aromatic heterocycles. The molecule has 0 spiro atoms. The number of thioether (sulfide) groups is 1. The second kappa shape index (κ2) is 21.9. The molecule has 0 bridgehead atoms. The van der Waals surface area contributed by atoms with Gasteiger partial charge in [0, 0.05) is 92.1 Å². The van der Waals surface area contributed by atoms with Crippen LogP contribution in [-0.2, 0) is 14.8 Å². The third-order valence-corrected chi connectivity index (χ3v) is 14.8. The Morgan fingerprint density at radius 2 is 1.77 bits per heavy atom. The van der Waals surface area contributed by atoms with Gasteiger partial charge in [0.1, 0.15) is 12.0 Å². The van der Waals surface area contributed by atoms with Crippen molar-refractivity contribution >= 4 is 72.7 Å². The summed E-state index contributed by atoms with van der Waals surface area (Å²) >= 11 is 7.94. The predicted molar refractivity (Wildman–Crippen MR) is 263 cm³/mol. The minimum atomic E-state index is -4.28. The number of fused-ring (bicyclic) bond motifs is 1. The van der Waals surface area contributed by atoms with E-state index >= 15 is 0 Å². The van der Waals surface area contributed by atoms with Gasteiger partial charge in [-0.3, -0.25) is 24.6 Å². The predicted octanol–water partition coefficient (Wildman–Crippen LogP) is 9.31. The highest BCUT2D eigenvalue weighted by atomic mass is 35.5. The monoisotopic (exact) mass is 926 g/mol. The summed E-state index contributed by atoms with van der Waals surface area (Å²) in [6.07, 6.45) is 14.9. The van der Waals surface area contributed by atoms with E-state index in [0.29, 0.717) is 29.9 Å². The van der Waals surface area contributed by atoms with E-state index in [9.17, 15) is 18.5 Å². The molecule has 2 N–H and O–H groups in total. The van der Waals surface area contributed by atoms with E-state index in [1.165, 1.54) is 35.2 Å². The normalized spacial score (nSPS) is 18.2. The number of rotatable bonds is 19. The minimum Gasteiger partial charge on any atom is -0.379 e. The topological polar surface area (TPSA) is 146 Å². The molecule has 0 radical (unpaired) electrons. The number of hydrogen-bond acceptors (Lipinski definition) is 12. The van der Waals surface area contributed by atoms with Gasteiger partial charge in [0.2, 0.25) is 0 Å². The van der Waals surface area contributed by atoms with E-state index in [2.05, 4.69) is 73.3 Å². The Balaban J connectivity index is 1.01. The highest BCUT2D eigenvalue weighted by Gasteiger charge is 2.30. The Labute approximate surface area is 386 Å². The smallest absolute Gasteiger partial charge is 0.293 e. The van der Waals surface area contributed by atoms with E-state index in [1.807, 2.05) is 48.6 Å². The summed E-state index contributed by atoms with van der Waals surface area (Å²) in [6, 6.07) is 17.9. The molecule has 0 amide bonds. The first kappa shape index (κ1) is 47.2. The van der Waals surface area contributed by atoms with E-state index in [0.717, 1.165) is 101 Å². The van der Waals surface area contributed by atoms with Crippen molar-refractivity contribution < 1.29 is 18.1 Å². The zero-order valence-electron chi connectivity index (χ0n) is 36.8. The van der Waals surface area contributed by atoms with Gasteiger partial charge in [0.05, 0.1) is 28.5 Å². The lowest BCUT2D eigenvalue weighted by atomic mass is 9.73. The molecule has 7 rings (SSSR count). The molecule has 1 aliphatic carbocycles. The lowest BCUT2D eigenvalue weighted by molar-refractivity contribution is -0.384. The molecule has 13 nitrogen and oxygen atoms in total. The van der Waals surface area contributed by atoms with Crippen molar-refractivity contribution in [1.29, 1.82) is 0 Å². The Hall–Kier alpha value is -4.77. The zero-order valence-corrected chi connectivity index (χ0v) is 39.1. The van der Waals surface area contributed by atoms with Crippen LogP contribution in [0.25, 0.3) is 16.5 Å². The van der Waals surface area contributed by atoms with Crippen molar-refractivity contribution in [2.24, 2.45) is 5.41 Å². The van der Waals surface area contributed by atoms with Crippen LogP contribution in [0.3, 0.4) is 0 Å². The summed E-state index contributed by atoms with van der Waals surface area (Å²) < 4.78 is 35.8. The summed E-state index contributed by atoms with van der Waals surface area (Å²) in [5, 5.41) is 17.1. The van der Waals surface area contributed by atoms with Crippen LogP contribution in [0.1, 0.15) is 45.1 Å². The quantitative estimate of drug-likeness (QED) is 0.0400. The van der Waals surface area contributed by atoms with Crippen LogP contribution in [-0.4, -0.2) is 116 Å². The molecule has 3 heterocycles. The average molecular weight is 928 g/mol. The molecule has 4 aromatic rings. The molecular formula is C48H59ClN8O5S2. The van der Waals surface area contributed by atoms with Gasteiger partial charge in [0.15, 0.2) is 5.82 Å². The van der Waals surface area contributed by atoms with Crippen LogP contribution in [0.5, 0.6) is 0 Å². The van der Waals surface area contributed by atoms with Crippen molar-refractivity contribution in [1.82, 2.24) is 19.8 Å². The SMILES string of the molecule is C=C/C=C\C=C/CSC[C@@H](CCN1CCOCC1)Nc1ccc(S(=O)(=O)Nc2ncnc3cc(N4CCN(CC5=C(c6ccc(Cl)cc6)CCC(C)(C)C5)CC4)ccc23)cc1[N+](=O)[O-]. The van der Waals surface area contributed by atoms with Gasteiger partial charge in [-0.2, -0.15) is 11.8 Å². The standard InChI is InChI=1S/C48H59ClN8O5S2/c1-4-5-6-7-8-29-63-34-39(18-20-54-25-27-62-28-26-54)52-44-16-14-41(31-46(44)57(58)59)64(60,61)53-47-43-15-13-40(30-45(43)50-35-51-47)56-23-21-55(22-24-56)33-37-32-48(2,3)19-17-42(37)36-9-11-38(49)12-10-36/h4-16,30-31,35,39,52H,1,17-29,32-34H2,2-3H3,(H,50,51,53)/b6-5-,8-7-/t39-/m1/s1. The fourth-order valence-electron chi connectivity index (χ4n) is 8.59. The van der Waals surface area contributed by atoms with Crippen LogP contribution in [0, 0.1) is 15.5 Å². The highest BCUT2D eigenvalue weighted by molar-refractivity contribution is 7.99. The number of halogens is 1. The third-order valence-electron chi connectivity index (χ3n) is 12.1. The van der Waals surface area contributed by atoms with Gasteiger partial charge in [0.25, 0.3) is 15.7 Å². The van der Waals surface area contributed by atoms with Crippen LogP contribution in [0.4, 0.5) is 22.9 Å². The molecule has 3 aromatic carbocycles. The first-order chi connectivity index (χ1) is 30.9. The maximum absolute atomic E-state index is 13.9. The van der Waals surface area contributed by atoms with Crippen molar-refractivity contribution in [3.05, 3.63) is 130 Å². The fraction of sp³-hybridized carbons (Fsp3) is 0.417. The van der Waals surface area contributed by atoms with Gasteiger partial charge >= 0.3 is 0 Å². The summed E-state index contributed by atoms with van der Waals surface area (Å²) in [7, 11) is -4.28. The molecule has 1 atom stereocenters. The van der Waals surface area contributed by atoms with E-state index in [4.69, 9.17) is 16.3 Å². The maximum atomic E-state index is 13.9. The Bertz CT molecular complexity index is 2470. The summed E-state index contributed by atoms with van der Waals surface area (Å²) in [6.45, 7) is 16.7. The van der Waals surface area contributed by atoms with Gasteiger partial charge in [-0.1, -0.05) is 80.1 Å². The first-order valence-corrected chi connectivity index (χ1v) is 25.0. The number of nitro groups is 1. The van der Waals surface area contributed by atoms with Gasteiger partial charge in [-0.25, -0.2) is 18.4 Å². The van der Waals surface area contributed by atoms with Crippen LogP contribution in [0.15, 0.2) is 114 Å². The van der Waals surface area contributed by atoms with Gasteiger partial charge in [-0.05, 0) is 84.7 Å².